The topological polar surface area (TPSA) is 79.0 Å². The molecule has 1 atom stereocenters. The van der Waals surface area contributed by atoms with Gasteiger partial charge in [0, 0.05) is 38.4 Å². The average molecular weight is 438 g/mol. The number of halogens is 1. The number of ether oxygens (including phenoxy) is 1. The van der Waals surface area contributed by atoms with Crippen LogP contribution in [0.25, 0.3) is 0 Å². The van der Waals surface area contributed by atoms with Crippen molar-refractivity contribution in [1.29, 1.82) is 0 Å². The summed E-state index contributed by atoms with van der Waals surface area (Å²) in [5.74, 6) is 0.596. The second-order valence-corrected chi connectivity index (χ2v) is 9.55. The van der Waals surface area contributed by atoms with Crippen molar-refractivity contribution in [2.75, 3.05) is 32.6 Å². The van der Waals surface area contributed by atoms with Crippen LogP contribution in [-0.4, -0.2) is 56.8 Å². The van der Waals surface area contributed by atoms with Gasteiger partial charge in [0.2, 0.25) is 15.9 Å². The Morgan fingerprint density at radius 1 is 1.24 bits per heavy atom. The lowest BCUT2D eigenvalue weighted by Gasteiger charge is -2.26. The summed E-state index contributed by atoms with van der Waals surface area (Å²) >= 11 is 6.07. The summed E-state index contributed by atoms with van der Waals surface area (Å²) in [6, 6.07) is 11.8. The number of nitrogens with zero attached hydrogens (tertiary/aromatic N) is 2. The van der Waals surface area contributed by atoms with Gasteiger partial charge in [-0.15, -0.1) is 0 Å². The van der Waals surface area contributed by atoms with Gasteiger partial charge in [-0.2, -0.15) is 0 Å². The maximum absolute atomic E-state index is 12.8. The van der Waals surface area contributed by atoms with Crippen LogP contribution < -0.4 is 10.1 Å². The van der Waals surface area contributed by atoms with Crippen LogP contribution in [0.15, 0.2) is 47.4 Å². The third-order valence-electron chi connectivity index (χ3n) is 4.87. The maximum Gasteiger partial charge on any atom is 0.244 e. The van der Waals surface area contributed by atoms with Gasteiger partial charge >= 0.3 is 0 Å². The molecule has 0 saturated carbocycles. The van der Waals surface area contributed by atoms with E-state index in [9.17, 15) is 13.2 Å². The van der Waals surface area contributed by atoms with Crippen molar-refractivity contribution >= 4 is 33.2 Å². The minimum absolute atomic E-state index is 0.0493. The second-order valence-electron chi connectivity index (χ2n) is 7.02. The first-order chi connectivity index (χ1) is 13.7. The van der Waals surface area contributed by atoms with Crippen LogP contribution in [-0.2, 0) is 21.4 Å². The van der Waals surface area contributed by atoms with Crippen molar-refractivity contribution in [1.82, 2.24) is 9.21 Å². The molecular weight excluding hydrogens is 414 g/mol. The van der Waals surface area contributed by atoms with Crippen LogP contribution >= 0.6 is 11.6 Å². The van der Waals surface area contributed by atoms with E-state index < -0.39 is 16.1 Å². The molecule has 1 aliphatic rings. The van der Waals surface area contributed by atoms with Gasteiger partial charge in [0.05, 0.1) is 11.1 Å². The van der Waals surface area contributed by atoms with Crippen molar-refractivity contribution in [3.8, 4) is 5.75 Å². The van der Waals surface area contributed by atoms with E-state index in [1.165, 1.54) is 26.2 Å². The Balaban J connectivity index is 1.77. The van der Waals surface area contributed by atoms with Gasteiger partial charge in [0.1, 0.15) is 17.3 Å². The molecule has 1 aliphatic heterocycles. The Hall–Kier alpha value is -2.13. The van der Waals surface area contributed by atoms with Crippen molar-refractivity contribution in [2.24, 2.45) is 0 Å². The van der Waals surface area contributed by atoms with Crippen LogP contribution in [0.3, 0.4) is 0 Å². The van der Waals surface area contributed by atoms with Crippen LogP contribution in [0, 0.1) is 0 Å². The fourth-order valence-electron chi connectivity index (χ4n) is 3.06. The number of nitrogens with one attached hydrogen (secondary N) is 1. The largest absolute Gasteiger partial charge is 0.492 e. The molecule has 156 valence electrons. The van der Waals surface area contributed by atoms with Crippen LogP contribution in [0.5, 0.6) is 5.75 Å². The van der Waals surface area contributed by atoms with Crippen molar-refractivity contribution in [3.05, 3.63) is 53.1 Å². The van der Waals surface area contributed by atoms with Gasteiger partial charge in [-0.1, -0.05) is 29.8 Å². The van der Waals surface area contributed by atoms with Gasteiger partial charge in [-0.25, -0.2) is 12.7 Å². The standard InChI is InChI=1S/C20H24ClN3O4S/c1-14(24-10-11-28-18-7-5-4-6-15(18)13-24)20(25)22-16-8-9-17(21)19(12-16)29(26,27)23(2)3/h4-9,12,14H,10-11,13H2,1-3H3,(H,22,25). The number of fused-ring (bicyclic) bond motifs is 1. The monoisotopic (exact) mass is 437 g/mol. The summed E-state index contributed by atoms with van der Waals surface area (Å²) in [5, 5.41) is 2.90. The first kappa shape index (κ1) is 21.6. The Morgan fingerprint density at radius 2 is 1.97 bits per heavy atom. The summed E-state index contributed by atoms with van der Waals surface area (Å²) < 4.78 is 31.7. The normalized spacial score (nSPS) is 15.9. The molecule has 0 saturated heterocycles. The second kappa shape index (κ2) is 8.71. The first-order valence-electron chi connectivity index (χ1n) is 9.18. The number of carbonyl (C=O) groups is 1. The number of para-hydroxylation sites is 1. The molecule has 2 aromatic carbocycles. The number of hydrogen-bond donors (Lipinski definition) is 1. The van der Waals surface area contributed by atoms with Gasteiger partial charge in [-0.05, 0) is 31.2 Å². The van der Waals surface area contributed by atoms with Gasteiger partial charge in [0.15, 0.2) is 0 Å². The molecule has 0 aliphatic carbocycles. The Bertz CT molecular complexity index is 1010. The lowest BCUT2D eigenvalue weighted by atomic mass is 10.1. The highest BCUT2D eigenvalue weighted by Crippen LogP contribution is 2.27. The predicted octanol–water partition coefficient (Wildman–Crippen LogP) is 2.81. The molecule has 9 heteroatoms. The number of carbonyl (C=O) groups excluding carboxylic acids is 1. The molecule has 1 heterocycles. The van der Waals surface area contributed by atoms with Crippen molar-refractivity contribution in [3.63, 3.8) is 0 Å². The third kappa shape index (κ3) is 4.72. The van der Waals surface area contributed by atoms with E-state index in [2.05, 4.69) is 5.32 Å². The molecule has 3 rings (SSSR count). The number of hydrogen-bond acceptors (Lipinski definition) is 5. The highest BCUT2D eigenvalue weighted by molar-refractivity contribution is 7.89. The van der Waals surface area contributed by atoms with Crippen molar-refractivity contribution in [2.45, 2.75) is 24.4 Å². The smallest absolute Gasteiger partial charge is 0.244 e. The molecular formula is C20H24ClN3O4S. The quantitative estimate of drug-likeness (QED) is 0.778. The van der Waals surface area contributed by atoms with Crippen molar-refractivity contribution < 1.29 is 17.9 Å². The zero-order valence-corrected chi connectivity index (χ0v) is 18.1. The lowest BCUT2D eigenvalue weighted by Crippen LogP contribution is -2.42. The molecule has 0 spiro atoms. The first-order valence-corrected chi connectivity index (χ1v) is 11.0. The highest BCUT2D eigenvalue weighted by Gasteiger charge is 2.26. The van der Waals surface area contributed by atoms with E-state index >= 15 is 0 Å². The van der Waals surface area contributed by atoms with E-state index in [1.807, 2.05) is 36.1 Å². The van der Waals surface area contributed by atoms with Gasteiger partial charge < -0.3 is 10.1 Å². The summed E-state index contributed by atoms with van der Waals surface area (Å²) in [7, 11) is -0.864. The molecule has 0 bridgehead atoms. The Labute approximate surface area is 176 Å². The Morgan fingerprint density at radius 3 is 2.69 bits per heavy atom. The fourth-order valence-corrected chi connectivity index (χ4v) is 4.46. The summed E-state index contributed by atoms with van der Waals surface area (Å²) in [4.78, 5) is 14.8. The van der Waals surface area contributed by atoms with E-state index in [4.69, 9.17) is 16.3 Å². The maximum atomic E-state index is 12.8. The zero-order chi connectivity index (χ0) is 21.2. The molecule has 1 unspecified atom stereocenters. The molecule has 1 N–H and O–H groups in total. The van der Waals surface area contributed by atoms with E-state index in [0.717, 1.165) is 15.6 Å². The zero-order valence-electron chi connectivity index (χ0n) is 16.6. The minimum atomic E-state index is -3.72. The predicted molar refractivity (Wildman–Crippen MR) is 113 cm³/mol. The van der Waals surface area contributed by atoms with Crippen LogP contribution in [0.2, 0.25) is 5.02 Å². The summed E-state index contributed by atoms with van der Waals surface area (Å²) in [6.07, 6.45) is 0. The fraction of sp³-hybridized carbons (Fsp3) is 0.350. The number of rotatable bonds is 5. The number of sulfonamides is 1. The molecule has 0 radical (unpaired) electrons. The average Bonchev–Trinajstić information content (AvgIpc) is 2.91. The van der Waals surface area contributed by atoms with E-state index in [1.54, 1.807) is 6.07 Å². The van der Waals surface area contributed by atoms with E-state index in [-0.39, 0.29) is 15.8 Å². The number of benzene rings is 2. The SMILES string of the molecule is CC(C(=O)Nc1ccc(Cl)c(S(=O)(=O)N(C)C)c1)N1CCOc2ccccc2C1. The summed E-state index contributed by atoms with van der Waals surface area (Å²) in [5.41, 5.74) is 1.40. The highest BCUT2D eigenvalue weighted by atomic mass is 35.5. The van der Waals surface area contributed by atoms with Gasteiger partial charge in [-0.3, -0.25) is 9.69 Å². The van der Waals surface area contributed by atoms with E-state index in [0.29, 0.717) is 25.4 Å². The number of amides is 1. The molecule has 0 fully saturated rings. The molecule has 2 aromatic rings. The third-order valence-corrected chi connectivity index (χ3v) is 7.16. The molecule has 29 heavy (non-hydrogen) atoms. The van der Waals surface area contributed by atoms with Crippen LogP contribution in [0.1, 0.15) is 12.5 Å². The molecule has 0 aromatic heterocycles. The Kier molecular flexibility index (Phi) is 6.48. The minimum Gasteiger partial charge on any atom is -0.492 e. The van der Waals surface area contributed by atoms with Gasteiger partial charge in [0.25, 0.3) is 0 Å². The number of anilines is 1. The lowest BCUT2D eigenvalue weighted by molar-refractivity contribution is -0.121. The molecule has 7 nitrogen and oxygen atoms in total. The molecule has 1 amide bonds. The summed E-state index contributed by atoms with van der Waals surface area (Å²) in [6.45, 7) is 3.49. The van der Waals surface area contributed by atoms with Crippen LogP contribution in [0.4, 0.5) is 5.69 Å².